The molecule has 0 amide bonds. The third-order valence-corrected chi connectivity index (χ3v) is 4.60. The number of anilines is 1. The average molecular weight is 284 g/mol. The number of carboxylic acid groups (broad SMARTS) is 1. The van der Waals surface area contributed by atoms with Gasteiger partial charge in [-0.1, -0.05) is 25.2 Å². The van der Waals surface area contributed by atoms with Crippen LogP contribution in [-0.4, -0.2) is 35.8 Å². The Bertz CT molecular complexity index is 459. The summed E-state index contributed by atoms with van der Waals surface area (Å²) in [5.41, 5.74) is 0.532. The van der Waals surface area contributed by atoms with Crippen molar-refractivity contribution < 1.29 is 14.6 Å². The standard InChI is InChI=1S/C13H20N2O3S/c1-8(2)10-5-4-6-15(10)13-14-9(7-18-3)11(19-13)12(16)17/h8,10H,4-7H2,1-3H3,(H,16,17). The summed E-state index contributed by atoms with van der Waals surface area (Å²) in [6, 6.07) is 0.461. The quantitative estimate of drug-likeness (QED) is 0.900. The average Bonchev–Trinajstić information content (AvgIpc) is 2.93. The van der Waals surface area contributed by atoms with Crippen LogP contribution in [0.15, 0.2) is 0 Å². The number of rotatable bonds is 5. The van der Waals surface area contributed by atoms with Crippen LogP contribution < -0.4 is 4.90 Å². The highest BCUT2D eigenvalue weighted by molar-refractivity contribution is 7.17. The van der Waals surface area contributed by atoms with Crippen LogP contribution in [0.3, 0.4) is 0 Å². The molecule has 0 radical (unpaired) electrons. The molecule has 0 aromatic carbocycles. The highest BCUT2D eigenvalue weighted by Gasteiger charge is 2.30. The van der Waals surface area contributed by atoms with E-state index in [-0.39, 0.29) is 6.61 Å². The summed E-state index contributed by atoms with van der Waals surface area (Å²) in [7, 11) is 1.55. The first-order valence-electron chi connectivity index (χ1n) is 6.53. The molecule has 19 heavy (non-hydrogen) atoms. The Labute approximate surface area is 117 Å². The van der Waals surface area contributed by atoms with E-state index in [0.717, 1.165) is 24.5 Å². The molecule has 1 atom stereocenters. The summed E-state index contributed by atoms with van der Waals surface area (Å²) in [5, 5.41) is 10.0. The van der Waals surface area contributed by atoms with Crippen molar-refractivity contribution in [1.29, 1.82) is 0 Å². The predicted octanol–water partition coefficient (Wildman–Crippen LogP) is 2.61. The topological polar surface area (TPSA) is 62.7 Å². The van der Waals surface area contributed by atoms with E-state index in [0.29, 0.717) is 22.5 Å². The van der Waals surface area contributed by atoms with Crippen molar-refractivity contribution in [3.8, 4) is 0 Å². The fraction of sp³-hybridized carbons (Fsp3) is 0.692. The van der Waals surface area contributed by atoms with Crippen molar-refractivity contribution in [3.05, 3.63) is 10.6 Å². The first kappa shape index (κ1) is 14.3. The van der Waals surface area contributed by atoms with Gasteiger partial charge in [0.15, 0.2) is 5.13 Å². The van der Waals surface area contributed by atoms with Crippen LogP contribution in [0.4, 0.5) is 5.13 Å². The van der Waals surface area contributed by atoms with Gasteiger partial charge in [0.25, 0.3) is 0 Å². The molecule has 0 bridgehead atoms. The Kier molecular flexibility index (Phi) is 4.42. The van der Waals surface area contributed by atoms with Crippen LogP contribution in [0.1, 0.15) is 42.1 Å². The van der Waals surface area contributed by atoms with Crippen molar-refractivity contribution in [2.75, 3.05) is 18.6 Å². The normalized spacial score (nSPS) is 19.4. The fourth-order valence-corrected chi connectivity index (χ4v) is 3.58. The van der Waals surface area contributed by atoms with Crippen molar-refractivity contribution in [2.24, 2.45) is 5.92 Å². The zero-order valence-electron chi connectivity index (χ0n) is 11.5. The first-order valence-corrected chi connectivity index (χ1v) is 7.34. The van der Waals surface area contributed by atoms with Gasteiger partial charge >= 0.3 is 5.97 Å². The van der Waals surface area contributed by atoms with Crippen LogP contribution in [-0.2, 0) is 11.3 Å². The minimum absolute atomic E-state index is 0.248. The Morgan fingerprint density at radius 3 is 2.95 bits per heavy atom. The lowest BCUT2D eigenvalue weighted by molar-refractivity contribution is 0.0697. The largest absolute Gasteiger partial charge is 0.477 e. The van der Waals surface area contributed by atoms with E-state index < -0.39 is 5.97 Å². The lowest BCUT2D eigenvalue weighted by Crippen LogP contribution is -2.33. The first-order chi connectivity index (χ1) is 9.04. The Morgan fingerprint density at radius 1 is 1.63 bits per heavy atom. The van der Waals surface area contributed by atoms with E-state index in [9.17, 15) is 9.90 Å². The van der Waals surface area contributed by atoms with E-state index in [1.165, 1.54) is 11.3 Å². The number of thiazole rings is 1. The summed E-state index contributed by atoms with van der Waals surface area (Å²) in [6.45, 7) is 5.61. The molecule has 0 spiro atoms. The summed E-state index contributed by atoms with van der Waals surface area (Å²) >= 11 is 1.26. The van der Waals surface area contributed by atoms with Crippen LogP contribution in [0, 0.1) is 5.92 Å². The third kappa shape index (κ3) is 2.90. The smallest absolute Gasteiger partial charge is 0.347 e. The lowest BCUT2D eigenvalue weighted by Gasteiger charge is -2.27. The molecule has 1 unspecified atom stereocenters. The SMILES string of the molecule is COCc1nc(N2CCCC2C(C)C)sc1C(=O)O. The molecule has 1 aliphatic rings. The minimum Gasteiger partial charge on any atom is -0.477 e. The number of aromatic carboxylic acids is 1. The summed E-state index contributed by atoms with van der Waals surface area (Å²) in [6.07, 6.45) is 2.30. The van der Waals surface area contributed by atoms with E-state index in [4.69, 9.17) is 4.74 Å². The number of hydrogen-bond acceptors (Lipinski definition) is 5. The van der Waals surface area contributed by atoms with Crippen molar-refractivity contribution in [1.82, 2.24) is 4.98 Å². The van der Waals surface area contributed by atoms with Crippen molar-refractivity contribution in [2.45, 2.75) is 39.3 Å². The van der Waals surface area contributed by atoms with Gasteiger partial charge in [-0.15, -0.1) is 0 Å². The molecule has 1 saturated heterocycles. The third-order valence-electron chi connectivity index (χ3n) is 3.48. The monoisotopic (exact) mass is 284 g/mol. The molecule has 1 N–H and O–H groups in total. The number of ether oxygens (including phenoxy) is 1. The Hall–Kier alpha value is -1.14. The fourth-order valence-electron chi connectivity index (χ4n) is 2.59. The molecule has 106 valence electrons. The molecular weight excluding hydrogens is 264 g/mol. The zero-order chi connectivity index (χ0) is 14.0. The summed E-state index contributed by atoms with van der Waals surface area (Å²) in [4.78, 5) is 18.3. The Balaban J connectivity index is 2.29. The second-order valence-corrected chi connectivity index (χ2v) is 6.13. The molecule has 1 aromatic rings. The number of carboxylic acids is 1. The van der Waals surface area contributed by atoms with Gasteiger partial charge in [-0.25, -0.2) is 9.78 Å². The van der Waals surface area contributed by atoms with E-state index in [1.807, 2.05) is 0 Å². The van der Waals surface area contributed by atoms with Crippen LogP contribution in [0.25, 0.3) is 0 Å². The van der Waals surface area contributed by atoms with Gasteiger partial charge in [0, 0.05) is 19.7 Å². The van der Waals surface area contributed by atoms with Crippen molar-refractivity contribution >= 4 is 22.4 Å². The van der Waals surface area contributed by atoms with Crippen LogP contribution in [0.2, 0.25) is 0 Å². The summed E-state index contributed by atoms with van der Waals surface area (Å²) in [5.74, 6) is -0.373. The molecular formula is C13H20N2O3S. The number of carbonyl (C=O) groups is 1. The van der Waals surface area contributed by atoms with Gasteiger partial charge < -0.3 is 14.7 Å². The minimum atomic E-state index is -0.920. The van der Waals surface area contributed by atoms with Gasteiger partial charge in [-0.2, -0.15) is 0 Å². The van der Waals surface area contributed by atoms with Crippen LogP contribution >= 0.6 is 11.3 Å². The predicted molar refractivity (Wildman–Crippen MR) is 75.0 cm³/mol. The molecule has 1 aliphatic heterocycles. The molecule has 2 rings (SSSR count). The lowest BCUT2D eigenvalue weighted by atomic mass is 10.0. The molecule has 0 aliphatic carbocycles. The maximum atomic E-state index is 11.2. The number of aromatic nitrogens is 1. The molecule has 5 nitrogen and oxygen atoms in total. The van der Waals surface area contributed by atoms with Crippen LogP contribution in [0.5, 0.6) is 0 Å². The van der Waals surface area contributed by atoms with Crippen molar-refractivity contribution in [3.63, 3.8) is 0 Å². The molecule has 1 fully saturated rings. The van der Waals surface area contributed by atoms with Gasteiger partial charge in [-0.05, 0) is 18.8 Å². The maximum absolute atomic E-state index is 11.2. The maximum Gasteiger partial charge on any atom is 0.347 e. The highest BCUT2D eigenvalue weighted by Crippen LogP contribution is 2.34. The molecule has 0 saturated carbocycles. The van der Waals surface area contributed by atoms with Gasteiger partial charge in [-0.3, -0.25) is 0 Å². The highest BCUT2D eigenvalue weighted by atomic mass is 32.1. The molecule has 1 aromatic heterocycles. The van der Waals surface area contributed by atoms with Gasteiger partial charge in [0.2, 0.25) is 0 Å². The van der Waals surface area contributed by atoms with Gasteiger partial charge in [0.1, 0.15) is 4.88 Å². The number of methoxy groups -OCH3 is 1. The molecule has 6 heteroatoms. The van der Waals surface area contributed by atoms with E-state index >= 15 is 0 Å². The van der Waals surface area contributed by atoms with Gasteiger partial charge in [0.05, 0.1) is 12.3 Å². The Morgan fingerprint density at radius 2 is 2.37 bits per heavy atom. The van der Waals surface area contributed by atoms with E-state index in [2.05, 4.69) is 23.7 Å². The second kappa shape index (κ2) is 5.88. The molecule has 2 heterocycles. The summed E-state index contributed by atoms with van der Waals surface area (Å²) < 4.78 is 5.03. The number of hydrogen-bond donors (Lipinski definition) is 1. The second-order valence-electron chi connectivity index (χ2n) is 5.16. The van der Waals surface area contributed by atoms with E-state index in [1.54, 1.807) is 7.11 Å². The number of nitrogens with zero attached hydrogens (tertiary/aromatic N) is 2. The zero-order valence-corrected chi connectivity index (χ0v) is 12.4.